The summed E-state index contributed by atoms with van der Waals surface area (Å²) in [6, 6.07) is 13.0. The van der Waals surface area contributed by atoms with Crippen LogP contribution in [-0.4, -0.2) is 12.3 Å². The van der Waals surface area contributed by atoms with Gasteiger partial charge in [-0.25, -0.2) is 0 Å². The predicted molar refractivity (Wildman–Crippen MR) is 81.7 cm³/mol. The molecule has 0 aromatic heterocycles. The Morgan fingerprint density at radius 2 is 1.95 bits per heavy atom. The Labute approximate surface area is 127 Å². The maximum atomic E-state index is 12.8. The molecule has 2 aromatic rings. The highest BCUT2D eigenvalue weighted by atomic mass is 35.5. The summed E-state index contributed by atoms with van der Waals surface area (Å²) in [5.41, 5.74) is 2.73. The highest BCUT2D eigenvalue weighted by Gasteiger charge is 2.28. The van der Waals surface area contributed by atoms with Crippen molar-refractivity contribution >= 4 is 29.0 Å². The molecule has 102 valence electrons. The number of Topliss-reactive ketones (excluding diaryl/α,β-unsaturated/α-hetero) is 1. The molecule has 2 nitrogen and oxygen atoms in total. The third-order valence-electron chi connectivity index (χ3n) is 3.60. The molecule has 1 N–H and O–H groups in total. The van der Waals surface area contributed by atoms with Crippen LogP contribution in [0.4, 0.5) is 0 Å². The Morgan fingerprint density at radius 1 is 1.15 bits per heavy atom. The molecule has 0 saturated carbocycles. The lowest BCUT2D eigenvalue weighted by Crippen LogP contribution is -2.32. The van der Waals surface area contributed by atoms with Crippen molar-refractivity contribution in [1.82, 2.24) is 5.32 Å². The van der Waals surface area contributed by atoms with Gasteiger partial charge in [-0.2, -0.15) is 0 Å². The molecule has 0 fully saturated rings. The zero-order chi connectivity index (χ0) is 14.1. The van der Waals surface area contributed by atoms with Crippen molar-refractivity contribution in [1.29, 1.82) is 0 Å². The van der Waals surface area contributed by atoms with E-state index in [1.807, 2.05) is 24.3 Å². The summed E-state index contributed by atoms with van der Waals surface area (Å²) < 4.78 is 0. The summed E-state index contributed by atoms with van der Waals surface area (Å²) in [5, 5.41) is 4.25. The molecule has 0 amide bonds. The molecule has 0 bridgehead atoms. The maximum absolute atomic E-state index is 12.8. The number of benzene rings is 2. The SMILES string of the molecule is O=C(c1cc(Cl)ccc1Cl)C1CNCc2ccccc21. The second kappa shape index (κ2) is 5.57. The molecule has 0 aliphatic carbocycles. The summed E-state index contributed by atoms with van der Waals surface area (Å²) in [6.07, 6.45) is 0. The van der Waals surface area contributed by atoms with Gasteiger partial charge in [0.1, 0.15) is 0 Å². The standard InChI is InChI=1S/C16H13Cl2NO/c17-11-5-6-15(18)13(7-11)16(20)14-9-19-8-10-3-1-2-4-12(10)14/h1-7,14,19H,8-9H2. The third-order valence-corrected chi connectivity index (χ3v) is 4.17. The van der Waals surface area contributed by atoms with Gasteiger partial charge in [0.15, 0.2) is 5.78 Å². The minimum Gasteiger partial charge on any atom is -0.312 e. The van der Waals surface area contributed by atoms with E-state index in [0.717, 1.165) is 17.7 Å². The van der Waals surface area contributed by atoms with E-state index < -0.39 is 0 Å². The zero-order valence-electron chi connectivity index (χ0n) is 10.7. The molecule has 2 aromatic carbocycles. The summed E-state index contributed by atoms with van der Waals surface area (Å²) >= 11 is 12.1. The van der Waals surface area contributed by atoms with Crippen molar-refractivity contribution < 1.29 is 4.79 Å². The van der Waals surface area contributed by atoms with Gasteiger partial charge in [-0.05, 0) is 29.3 Å². The van der Waals surface area contributed by atoms with Crippen LogP contribution in [0.2, 0.25) is 10.0 Å². The molecule has 1 atom stereocenters. The van der Waals surface area contributed by atoms with Crippen LogP contribution in [0, 0.1) is 0 Å². The van der Waals surface area contributed by atoms with Gasteiger partial charge in [-0.15, -0.1) is 0 Å². The normalized spacial score (nSPS) is 17.6. The molecule has 1 aliphatic heterocycles. The van der Waals surface area contributed by atoms with E-state index in [2.05, 4.69) is 5.32 Å². The largest absolute Gasteiger partial charge is 0.312 e. The van der Waals surface area contributed by atoms with Crippen LogP contribution < -0.4 is 5.32 Å². The fourth-order valence-electron chi connectivity index (χ4n) is 2.60. The second-order valence-electron chi connectivity index (χ2n) is 4.87. The first-order valence-electron chi connectivity index (χ1n) is 6.44. The van der Waals surface area contributed by atoms with Crippen molar-refractivity contribution in [3.8, 4) is 0 Å². The summed E-state index contributed by atoms with van der Waals surface area (Å²) in [6.45, 7) is 1.42. The Balaban J connectivity index is 2.02. The Bertz CT molecular complexity index is 669. The molecule has 0 saturated heterocycles. The van der Waals surface area contributed by atoms with E-state index in [9.17, 15) is 4.79 Å². The fraction of sp³-hybridized carbons (Fsp3) is 0.188. The molecular weight excluding hydrogens is 293 g/mol. The highest BCUT2D eigenvalue weighted by Crippen LogP contribution is 2.30. The Hall–Kier alpha value is -1.35. The van der Waals surface area contributed by atoms with E-state index in [0.29, 0.717) is 22.2 Å². The van der Waals surface area contributed by atoms with Gasteiger partial charge >= 0.3 is 0 Å². The number of ketones is 1. The number of carbonyl (C=O) groups excluding carboxylic acids is 1. The van der Waals surface area contributed by atoms with Gasteiger partial charge in [-0.1, -0.05) is 47.5 Å². The van der Waals surface area contributed by atoms with Gasteiger partial charge in [0.05, 0.1) is 10.9 Å². The lowest BCUT2D eigenvalue weighted by atomic mass is 9.85. The van der Waals surface area contributed by atoms with Crippen LogP contribution >= 0.6 is 23.2 Å². The van der Waals surface area contributed by atoms with Crippen LogP contribution in [0.5, 0.6) is 0 Å². The number of nitrogens with one attached hydrogen (secondary N) is 1. The first-order chi connectivity index (χ1) is 9.66. The average Bonchev–Trinajstić information content (AvgIpc) is 2.48. The van der Waals surface area contributed by atoms with Crippen molar-refractivity contribution in [2.24, 2.45) is 0 Å². The predicted octanol–water partition coefficient (Wildman–Crippen LogP) is 4.06. The molecule has 20 heavy (non-hydrogen) atoms. The number of rotatable bonds is 2. The van der Waals surface area contributed by atoms with E-state index in [1.165, 1.54) is 0 Å². The smallest absolute Gasteiger partial charge is 0.173 e. The fourth-order valence-corrected chi connectivity index (χ4v) is 2.99. The summed E-state index contributed by atoms with van der Waals surface area (Å²) in [5.74, 6) is -0.201. The average molecular weight is 306 g/mol. The van der Waals surface area contributed by atoms with Crippen LogP contribution in [0.25, 0.3) is 0 Å². The highest BCUT2D eigenvalue weighted by molar-refractivity contribution is 6.36. The lowest BCUT2D eigenvalue weighted by Gasteiger charge is -2.25. The quantitative estimate of drug-likeness (QED) is 0.848. The van der Waals surface area contributed by atoms with E-state index >= 15 is 0 Å². The Morgan fingerprint density at radius 3 is 2.80 bits per heavy atom. The minimum atomic E-state index is -0.212. The first kappa shape index (κ1) is 13.6. The summed E-state index contributed by atoms with van der Waals surface area (Å²) in [4.78, 5) is 12.8. The molecule has 3 rings (SSSR count). The summed E-state index contributed by atoms with van der Waals surface area (Å²) in [7, 11) is 0. The molecular formula is C16H13Cl2NO. The van der Waals surface area contributed by atoms with Gasteiger partial charge in [0.25, 0.3) is 0 Å². The molecule has 1 unspecified atom stereocenters. The van der Waals surface area contributed by atoms with Crippen molar-refractivity contribution in [3.05, 3.63) is 69.2 Å². The topological polar surface area (TPSA) is 29.1 Å². The molecule has 0 radical (unpaired) electrons. The molecule has 1 aliphatic rings. The van der Waals surface area contributed by atoms with Gasteiger partial charge in [0.2, 0.25) is 0 Å². The first-order valence-corrected chi connectivity index (χ1v) is 7.20. The maximum Gasteiger partial charge on any atom is 0.173 e. The van der Waals surface area contributed by atoms with Crippen molar-refractivity contribution in [2.75, 3.05) is 6.54 Å². The number of halogens is 2. The van der Waals surface area contributed by atoms with Gasteiger partial charge in [0, 0.05) is 23.7 Å². The molecule has 1 heterocycles. The van der Waals surface area contributed by atoms with E-state index in [4.69, 9.17) is 23.2 Å². The third kappa shape index (κ3) is 2.47. The van der Waals surface area contributed by atoms with Crippen LogP contribution in [0.3, 0.4) is 0 Å². The van der Waals surface area contributed by atoms with E-state index in [-0.39, 0.29) is 11.7 Å². The van der Waals surface area contributed by atoms with Crippen LogP contribution in [-0.2, 0) is 6.54 Å². The van der Waals surface area contributed by atoms with Crippen molar-refractivity contribution in [3.63, 3.8) is 0 Å². The Kier molecular flexibility index (Phi) is 3.79. The zero-order valence-corrected chi connectivity index (χ0v) is 12.2. The van der Waals surface area contributed by atoms with E-state index in [1.54, 1.807) is 18.2 Å². The lowest BCUT2D eigenvalue weighted by molar-refractivity contribution is 0.0955. The van der Waals surface area contributed by atoms with Gasteiger partial charge < -0.3 is 5.32 Å². The van der Waals surface area contributed by atoms with Crippen LogP contribution in [0.15, 0.2) is 42.5 Å². The number of fused-ring (bicyclic) bond motifs is 1. The van der Waals surface area contributed by atoms with Crippen LogP contribution in [0.1, 0.15) is 27.4 Å². The number of hydrogen-bond donors (Lipinski definition) is 1. The molecule has 0 spiro atoms. The minimum absolute atomic E-state index is 0.0113. The monoisotopic (exact) mass is 305 g/mol. The molecule has 4 heteroatoms. The van der Waals surface area contributed by atoms with Crippen molar-refractivity contribution in [2.45, 2.75) is 12.5 Å². The number of carbonyl (C=O) groups is 1. The number of hydrogen-bond acceptors (Lipinski definition) is 2. The van der Waals surface area contributed by atoms with Gasteiger partial charge in [-0.3, -0.25) is 4.79 Å². The second-order valence-corrected chi connectivity index (χ2v) is 5.71.